The van der Waals surface area contributed by atoms with Gasteiger partial charge >= 0.3 is 0 Å². The van der Waals surface area contributed by atoms with Gasteiger partial charge < -0.3 is 10.1 Å². The van der Waals surface area contributed by atoms with Crippen molar-refractivity contribution in [3.63, 3.8) is 0 Å². The minimum Gasteiger partial charge on any atom is -0.495 e. The molecule has 0 unspecified atom stereocenters. The van der Waals surface area contributed by atoms with Crippen LogP contribution in [0.4, 0.5) is 5.69 Å². The number of ether oxygens (including phenoxy) is 1. The molecule has 7 heteroatoms. The third kappa shape index (κ3) is 4.84. The first-order valence-corrected chi connectivity index (χ1v) is 9.20. The fraction of sp³-hybridized carbons (Fsp3) is 0.0588. The Hall–Kier alpha value is -1.31. The van der Waals surface area contributed by atoms with Crippen LogP contribution in [0.3, 0.4) is 0 Å². The van der Waals surface area contributed by atoms with Gasteiger partial charge in [-0.15, -0.1) is 0 Å². The molecule has 1 N–H and O–H groups in total. The molecular formula is C17H11ClI2N2O2. The van der Waals surface area contributed by atoms with Crippen LogP contribution in [-0.2, 0) is 4.79 Å². The van der Waals surface area contributed by atoms with Crippen molar-refractivity contribution in [1.82, 2.24) is 0 Å². The zero-order valence-electron chi connectivity index (χ0n) is 12.4. The average molecular weight is 565 g/mol. The van der Waals surface area contributed by atoms with Crippen LogP contribution in [0.25, 0.3) is 6.08 Å². The topological polar surface area (TPSA) is 62.1 Å². The number of anilines is 1. The van der Waals surface area contributed by atoms with Crippen molar-refractivity contribution in [2.24, 2.45) is 0 Å². The smallest absolute Gasteiger partial charge is 0.266 e. The van der Waals surface area contributed by atoms with Crippen LogP contribution in [0.2, 0.25) is 5.02 Å². The van der Waals surface area contributed by atoms with Crippen LogP contribution < -0.4 is 10.1 Å². The summed E-state index contributed by atoms with van der Waals surface area (Å²) in [6.07, 6.45) is 1.52. The van der Waals surface area contributed by atoms with Crippen molar-refractivity contribution in [2.45, 2.75) is 0 Å². The van der Waals surface area contributed by atoms with Crippen LogP contribution in [0.5, 0.6) is 5.75 Å². The molecule has 0 atom stereocenters. The van der Waals surface area contributed by atoms with Gasteiger partial charge in [-0.2, -0.15) is 5.26 Å². The fourth-order valence-electron chi connectivity index (χ4n) is 1.97. The fourth-order valence-corrected chi connectivity index (χ4v) is 4.27. The van der Waals surface area contributed by atoms with Gasteiger partial charge in [0.1, 0.15) is 17.4 Å². The van der Waals surface area contributed by atoms with Crippen LogP contribution >= 0.6 is 56.8 Å². The van der Waals surface area contributed by atoms with Gasteiger partial charge in [-0.25, -0.2) is 0 Å². The number of nitriles is 1. The second kappa shape index (κ2) is 8.69. The van der Waals surface area contributed by atoms with Gasteiger partial charge in [-0.05, 0) is 81.6 Å². The number of nitrogens with zero attached hydrogens (tertiary/aromatic N) is 1. The average Bonchev–Trinajstić information content (AvgIpc) is 2.52. The Morgan fingerprint density at radius 2 is 2.08 bits per heavy atom. The highest BCUT2D eigenvalue weighted by Crippen LogP contribution is 2.30. The summed E-state index contributed by atoms with van der Waals surface area (Å²) in [7, 11) is 1.56. The quantitative estimate of drug-likeness (QED) is 0.319. The van der Waals surface area contributed by atoms with Gasteiger partial charge in [-0.1, -0.05) is 17.7 Å². The molecule has 2 rings (SSSR count). The van der Waals surface area contributed by atoms with Crippen molar-refractivity contribution in [3.8, 4) is 11.8 Å². The number of carbonyl (C=O) groups is 1. The number of methoxy groups -OCH3 is 1. The maximum atomic E-state index is 12.3. The highest BCUT2D eigenvalue weighted by atomic mass is 127. The predicted molar refractivity (Wildman–Crippen MR) is 112 cm³/mol. The Kier molecular flexibility index (Phi) is 6.89. The summed E-state index contributed by atoms with van der Waals surface area (Å²) in [4.78, 5) is 12.3. The van der Waals surface area contributed by atoms with E-state index in [1.54, 1.807) is 31.4 Å². The van der Waals surface area contributed by atoms with Crippen LogP contribution in [0.15, 0.2) is 42.0 Å². The van der Waals surface area contributed by atoms with E-state index in [-0.39, 0.29) is 5.57 Å². The second-order valence-electron chi connectivity index (χ2n) is 4.64. The summed E-state index contributed by atoms with van der Waals surface area (Å²) in [6.45, 7) is 0. The summed E-state index contributed by atoms with van der Waals surface area (Å²) in [5.41, 5.74) is 1.18. The normalized spacial score (nSPS) is 10.9. The van der Waals surface area contributed by atoms with E-state index in [4.69, 9.17) is 16.3 Å². The number of amides is 1. The number of halogens is 3. The molecule has 2 aromatic rings. The first-order valence-electron chi connectivity index (χ1n) is 6.66. The highest BCUT2D eigenvalue weighted by molar-refractivity contribution is 14.1. The van der Waals surface area contributed by atoms with Crippen molar-refractivity contribution >= 4 is 74.5 Å². The summed E-state index contributed by atoms with van der Waals surface area (Å²) in [6, 6.07) is 12.5. The maximum absolute atomic E-state index is 12.3. The zero-order valence-corrected chi connectivity index (χ0v) is 17.5. The third-order valence-electron chi connectivity index (χ3n) is 2.99. The minimum atomic E-state index is -0.504. The molecule has 0 saturated heterocycles. The zero-order chi connectivity index (χ0) is 17.7. The van der Waals surface area contributed by atoms with E-state index in [9.17, 15) is 10.1 Å². The number of rotatable bonds is 4. The number of hydrogen-bond acceptors (Lipinski definition) is 3. The van der Waals surface area contributed by atoms with Gasteiger partial charge in [0.05, 0.1) is 10.7 Å². The van der Waals surface area contributed by atoms with E-state index in [1.165, 1.54) is 6.08 Å². The molecule has 0 saturated carbocycles. The lowest BCUT2D eigenvalue weighted by molar-refractivity contribution is -0.112. The Labute approximate surface area is 172 Å². The van der Waals surface area contributed by atoms with E-state index >= 15 is 0 Å². The summed E-state index contributed by atoms with van der Waals surface area (Å²) in [5.74, 6) is 0.120. The Morgan fingerprint density at radius 1 is 1.33 bits per heavy atom. The first kappa shape index (κ1) is 19.0. The van der Waals surface area contributed by atoms with Crippen LogP contribution in [0, 0.1) is 18.5 Å². The maximum Gasteiger partial charge on any atom is 0.266 e. The molecule has 0 spiro atoms. The van der Waals surface area contributed by atoms with E-state index < -0.39 is 5.91 Å². The van der Waals surface area contributed by atoms with Crippen molar-refractivity contribution in [3.05, 3.63) is 59.7 Å². The molecule has 0 aliphatic heterocycles. The molecule has 0 aliphatic rings. The van der Waals surface area contributed by atoms with Gasteiger partial charge in [-0.3, -0.25) is 4.79 Å². The number of hydrogen-bond donors (Lipinski definition) is 1. The lowest BCUT2D eigenvalue weighted by Crippen LogP contribution is -2.13. The molecule has 0 radical (unpaired) electrons. The Balaban J connectivity index is 2.36. The van der Waals surface area contributed by atoms with Gasteiger partial charge in [0.25, 0.3) is 5.91 Å². The van der Waals surface area contributed by atoms with E-state index in [1.807, 2.05) is 18.2 Å². The lowest BCUT2D eigenvalue weighted by Gasteiger charge is -2.09. The highest BCUT2D eigenvalue weighted by Gasteiger charge is 2.13. The molecule has 0 fully saturated rings. The molecule has 4 nitrogen and oxygen atoms in total. The van der Waals surface area contributed by atoms with E-state index in [0.29, 0.717) is 22.0 Å². The number of benzene rings is 2. The molecule has 0 heterocycles. The largest absolute Gasteiger partial charge is 0.495 e. The lowest BCUT2D eigenvalue weighted by atomic mass is 10.1. The van der Waals surface area contributed by atoms with E-state index in [0.717, 1.165) is 7.14 Å². The standard InChI is InChI=1S/C17H11ClI2N2O2/c1-24-16-10(6-13(19)8-15(16)20)5-11(9-21)17(23)22-14-4-2-3-12(18)7-14/h2-8H,1H3,(H,22,23)/b11-5+. The monoisotopic (exact) mass is 564 g/mol. The Morgan fingerprint density at radius 3 is 2.71 bits per heavy atom. The molecule has 0 aliphatic carbocycles. The number of nitrogens with one attached hydrogen (secondary N) is 1. The molecular weight excluding hydrogens is 553 g/mol. The number of carbonyl (C=O) groups excluding carboxylic acids is 1. The molecule has 2 aromatic carbocycles. The van der Waals surface area contributed by atoms with Gasteiger partial charge in [0, 0.05) is 19.8 Å². The van der Waals surface area contributed by atoms with Crippen LogP contribution in [0.1, 0.15) is 5.56 Å². The molecule has 122 valence electrons. The van der Waals surface area contributed by atoms with E-state index in [2.05, 4.69) is 50.5 Å². The van der Waals surface area contributed by atoms with Crippen molar-refractivity contribution in [1.29, 1.82) is 5.26 Å². The molecule has 0 aromatic heterocycles. The summed E-state index contributed by atoms with van der Waals surface area (Å²) >= 11 is 10.2. The predicted octanol–water partition coefficient (Wildman–Crippen LogP) is 5.10. The van der Waals surface area contributed by atoms with Gasteiger partial charge in [0.15, 0.2) is 0 Å². The molecule has 0 bridgehead atoms. The minimum absolute atomic E-state index is 0.0222. The Bertz CT molecular complexity index is 860. The molecule has 24 heavy (non-hydrogen) atoms. The first-order chi connectivity index (χ1) is 11.4. The van der Waals surface area contributed by atoms with Crippen LogP contribution in [-0.4, -0.2) is 13.0 Å². The second-order valence-corrected chi connectivity index (χ2v) is 7.49. The summed E-state index contributed by atoms with van der Waals surface area (Å²) in [5, 5.41) is 12.5. The SMILES string of the molecule is COc1c(I)cc(I)cc1/C=C(\C#N)C(=O)Nc1cccc(Cl)c1. The van der Waals surface area contributed by atoms with Gasteiger partial charge in [0.2, 0.25) is 0 Å². The van der Waals surface area contributed by atoms with Crippen molar-refractivity contribution in [2.75, 3.05) is 12.4 Å². The third-order valence-corrected chi connectivity index (χ3v) is 4.65. The van der Waals surface area contributed by atoms with Crippen molar-refractivity contribution < 1.29 is 9.53 Å². The molecule has 1 amide bonds. The summed E-state index contributed by atoms with van der Waals surface area (Å²) < 4.78 is 7.26.